The maximum Gasteiger partial charge on any atom is 0.252 e. The van der Waals surface area contributed by atoms with Crippen LogP contribution in [0.15, 0.2) is 72.8 Å². The molecule has 1 fully saturated rings. The summed E-state index contributed by atoms with van der Waals surface area (Å²) < 4.78 is 6.94. The van der Waals surface area contributed by atoms with Crippen LogP contribution in [0.25, 0.3) is 11.0 Å². The Morgan fingerprint density at radius 2 is 1.63 bits per heavy atom. The Hall–Kier alpha value is -4.53. The van der Waals surface area contributed by atoms with E-state index in [0.29, 0.717) is 33.6 Å². The Kier molecular flexibility index (Phi) is 8.42. The lowest BCUT2D eigenvalue weighted by Crippen LogP contribution is -2.49. The molecule has 1 heterocycles. The van der Waals surface area contributed by atoms with Gasteiger partial charge in [-0.1, -0.05) is 48.7 Å². The summed E-state index contributed by atoms with van der Waals surface area (Å²) in [5, 5.41) is 11.7. The topological polar surface area (TPSA) is 106 Å². The minimum atomic E-state index is -0.976. The number of nitrogens with one attached hydrogen (secondary N) is 1. The predicted molar refractivity (Wildman–Crippen MR) is 157 cm³/mol. The molecule has 4 aromatic rings. The van der Waals surface area contributed by atoms with Gasteiger partial charge in [-0.3, -0.25) is 19.3 Å². The average molecular weight is 554 g/mol. The first-order valence-electron chi connectivity index (χ1n) is 14.1. The number of methoxy groups -OCH3 is 1. The van der Waals surface area contributed by atoms with Crippen LogP contribution in [0.1, 0.15) is 74.0 Å². The number of anilines is 1. The molecule has 5 rings (SSSR count). The molecule has 9 nitrogen and oxygen atoms in total. The molecular formula is C32H35N5O4. The largest absolute Gasteiger partial charge is 0.497 e. The quantitative estimate of drug-likeness (QED) is 0.277. The molecule has 2 amide bonds. The molecule has 0 spiro atoms. The van der Waals surface area contributed by atoms with Crippen LogP contribution >= 0.6 is 0 Å². The van der Waals surface area contributed by atoms with Crippen molar-refractivity contribution in [2.24, 2.45) is 0 Å². The number of hydrogen-bond acceptors (Lipinski definition) is 6. The molecule has 0 radical (unpaired) electrons. The third kappa shape index (κ3) is 5.99. The number of aromatic nitrogens is 3. The summed E-state index contributed by atoms with van der Waals surface area (Å²) in [5.41, 5.74) is 3.04. The van der Waals surface area contributed by atoms with Gasteiger partial charge in [0.1, 0.15) is 23.3 Å². The molecule has 0 unspecified atom stereocenters. The number of ether oxygens (including phenoxy) is 1. The first-order valence-corrected chi connectivity index (χ1v) is 14.1. The SMILES string of the molecule is COc1ccc([C@@H](C(=O)NC2CCCCC2)N(C(=O)[C@@H](C)n2nnc3ccccc32)c2ccc(C(C)=O)cc2)cc1. The zero-order chi connectivity index (χ0) is 28.9. The molecule has 212 valence electrons. The van der Waals surface area contributed by atoms with Gasteiger partial charge in [-0.15, -0.1) is 5.10 Å². The zero-order valence-electron chi connectivity index (χ0n) is 23.6. The van der Waals surface area contributed by atoms with Gasteiger partial charge in [-0.2, -0.15) is 0 Å². The summed E-state index contributed by atoms with van der Waals surface area (Å²) in [5.74, 6) is -0.0393. The summed E-state index contributed by atoms with van der Waals surface area (Å²) in [7, 11) is 1.58. The van der Waals surface area contributed by atoms with Gasteiger partial charge in [-0.25, -0.2) is 4.68 Å². The summed E-state index contributed by atoms with van der Waals surface area (Å²) in [6, 6.07) is 19.7. The van der Waals surface area contributed by atoms with Crippen molar-refractivity contribution in [3.8, 4) is 5.75 Å². The van der Waals surface area contributed by atoms with Gasteiger partial charge in [0.05, 0.1) is 12.6 Å². The molecule has 0 bridgehead atoms. The minimum absolute atomic E-state index is 0.0470. The molecule has 0 aliphatic heterocycles. The van der Waals surface area contributed by atoms with Crippen molar-refractivity contribution in [1.82, 2.24) is 20.3 Å². The highest BCUT2D eigenvalue weighted by Crippen LogP contribution is 2.33. The number of amides is 2. The van der Waals surface area contributed by atoms with Gasteiger partial charge in [0.25, 0.3) is 5.91 Å². The second kappa shape index (κ2) is 12.3. The van der Waals surface area contributed by atoms with E-state index in [-0.39, 0.29) is 23.6 Å². The molecule has 1 aliphatic carbocycles. The van der Waals surface area contributed by atoms with Crippen molar-refractivity contribution in [2.75, 3.05) is 12.0 Å². The van der Waals surface area contributed by atoms with E-state index in [1.54, 1.807) is 55.1 Å². The highest BCUT2D eigenvalue weighted by Gasteiger charge is 2.37. The number of Topliss-reactive ketones (excluding diaryl/α,β-unsaturated/α-hetero) is 1. The van der Waals surface area contributed by atoms with Gasteiger partial charge in [-0.05, 0) is 80.8 Å². The van der Waals surface area contributed by atoms with E-state index in [1.807, 2.05) is 36.4 Å². The second-order valence-corrected chi connectivity index (χ2v) is 10.5. The third-order valence-corrected chi connectivity index (χ3v) is 7.78. The number of benzene rings is 3. The fraction of sp³-hybridized carbons (Fsp3) is 0.344. The smallest absolute Gasteiger partial charge is 0.252 e. The highest BCUT2D eigenvalue weighted by atomic mass is 16.5. The van der Waals surface area contributed by atoms with Crippen LogP contribution < -0.4 is 15.0 Å². The Labute approximate surface area is 239 Å². The summed E-state index contributed by atoms with van der Waals surface area (Å²) in [6.45, 7) is 3.25. The Bertz CT molecular complexity index is 1520. The van der Waals surface area contributed by atoms with Gasteiger partial charge < -0.3 is 10.1 Å². The molecule has 2 atom stereocenters. The number of hydrogen-bond donors (Lipinski definition) is 1. The van der Waals surface area contributed by atoms with Crippen molar-refractivity contribution in [1.29, 1.82) is 0 Å². The van der Waals surface area contributed by atoms with E-state index in [0.717, 1.165) is 32.1 Å². The van der Waals surface area contributed by atoms with Crippen LogP contribution in [0.5, 0.6) is 5.75 Å². The fourth-order valence-electron chi connectivity index (χ4n) is 5.47. The van der Waals surface area contributed by atoms with Gasteiger partial charge in [0.2, 0.25) is 5.91 Å². The molecule has 1 aromatic heterocycles. The molecule has 3 aromatic carbocycles. The number of carbonyl (C=O) groups excluding carboxylic acids is 3. The van der Waals surface area contributed by atoms with Crippen molar-refractivity contribution < 1.29 is 19.1 Å². The maximum atomic E-state index is 14.5. The molecule has 41 heavy (non-hydrogen) atoms. The number of rotatable bonds is 9. The normalized spacial score (nSPS) is 15.2. The minimum Gasteiger partial charge on any atom is -0.497 e. The van der Waals surface area contributed by atoms with E-state index in [9.17, 15) is 14.4 Å². The average Bonchev–Trinajstić information content (AvgIpc) is 3.44. The first kappa shape index (κ1) is 28.0. The van der Waals surface area contributed by atoms with Crippen molar-refractivity contribution in [2.45, 2.75) is 64.1 Å². The van der Waals surface area contributed by atoms with Crippen molar-refractivity contribution in [3.63, 3.8) is 0 Å². The number of carbonyl (C=O) groups is 3. The van der Waals surface area contributed by atoms with Crippen LogP contribution in [0.4, 0.5) is 5.69 Å². The first-order chi connectivity index (χ1) is 19.9. The summed E-state index contributed by atoms with van der Waals surface area (Å²) in [4.78, 5) is 42.2. The van der Waals surface area contributed by atoms with E-state index in [1.165, 1.54) is 11.8 Å². The predicted octanol–water partition coefficient (Wildman–Crippen LogP) is 5.43. The fourth-order valence-corrected chi connectivity index (χ4v) is 5.47. The lowest BCUT2D eigenvalue weighted by atomic mass is 9.94. The summed E-state index contributed by atoms with van der Waals surface area (Å²) >= 11 is 0. The van der Waals surface area contributed by atoms with Crippen molar-refractivity contribution >= 4 is 34.3 Å². The van der Waals surface area contributed by atoms with Gasteiger partial charge in [0, 0.05) is 17.3 Å². The Morgan fingerprint density at radius 1 is 0.951 bits per heavy atom. The molecule has 0 saturated heterocycles. The van der Waals surface area contributed by atoms with E-state index in [4.69, 9.17) is 4.74 Å². The maximum absolute atomic E-state index is 14.5. The second-order valence-electron chi connectivity index (χ2n) is 10.5. The number of para-hydroxylation sites is 1. The molecule has 1 saturated carbocycles. The molecule has 1 aliphatic rings. The van der Waals surface area contributed by atoms with Crippen LogP contribution in [-0.2, 0) is 9.59 Å². The Balaban J connectivity index is 1.61. The van der Waals surface area contributed by atoms with Gasteiger partial charge in [0.15, 0.2) is 5.78 Å². The number of nitrogens with zero attached hydrogens (tertiary/aromatic N) is 4. The van der Waals surface area contributed by atoms with Crippen LogP contribution in [0, 0.1) is 0 Å². The van der Waals surface area contributed by atoms with Crippen LogP contribution in [-0.4, -0.2) is 45.7 Å². The van der Waals surface area contributed by atoms with E-state index in [2.05, 4.69) is 15.6 Å². The van der Waals surface area contributed by atoms with E-state index >= 15 is 0 Å². The lowest BCUT2D eigenvalue weighted by Gasteiger charge is -2.35. The van der Waals surface area contributed by atoms with Crippen LogP contribution in [0.3, 0.4) is 0 Å². The Morgan fingerprint density at radius 3 is 2.29 bits per heavy atom. The third-order valence-electron chi connectivity index (χ3n) is 7.78. The molecule has 1 N–H and O–H groups in total. The molecular weight excluding hydrogens is 518 g/mol. The standard InChI is InChI=1S/C32H35N5O4/c1-21(37-29-12-8-7-11-28(29)34-35-37)32(40)36(26-17-13-23(14-18-26)22(2)38)30(24-15-19-27(41-3)20-16-24)31(39)33-25-9-5-4-6-10-25/h7-8,11-21,25,30H,4-6,9-10H2,1-3H3,(H,33,39)/t21-,30+/m1/s1. The lowest BCUT2D eigenvalue weighted by molar-refractivity contribution is -0.128. The molecule has 9 heteroatoms. The highest BCUT2D eigenvalue weighted by molar-refractivity contribution is 6.04. The zero-order valence-corrected chi connectivity index (χ0v) is 23.6. The monoisotopic (exact) mass is 553 g/mol. The van der Waals surface area contributed by atoms with Crippen molar-refractivity contribution in [3.05, 3.63) is 83.9 Å². The van der Waals surface area contributed by atoms with Crippen LogP contribution in [0.2, 0.25) is 0 Å². The number of fused-ring (bicyclic) bond motifs is 1. The summed E-state index contributed by atoms with van der Waals surface area (Å²) in [6.07, 6.45) is 5.09. The van der Waals surface area contributed by atoms with Gasteiger partial charge >= 0.3 is 0 Å². The van der Waals surface area contributed by atoms with E-state index < -0.39 is 12.1 Å². The number of ketones is 1.